The second-order valence-electron chi connectivity index (χ2n) is 1.94. The van der Waals surface area contributed by atoms with E-state index in [-0.39, 0.29) is 0 Å². The van der Waals surface area contributed by atoms with Gasteiger partial charge in [0.25, 0.3) is 0 Å². The fraction of sp³-hybridized carbons (Fsp3) is 0.143. The summed E-state index contributed by atoms with van der Waals surface area (Å²) in [5, 5.41) is 8.17. The lowest BCUT2D eigenvalue weighted by molar-refractivity contribution is -0.137. The normalized spacial score (nSPS) is 9.40. The van der Waals surface area contributed by atoms with Crippen LogP contribution in [0.5, 0.6) is 5.75 Å². The number of hydrogen-bond donors (Lipinski definition) is 2. The first-order chi connectivity index (χ1) is 4.86. The molecule has 0 unspecified atom stereocenters. The quantitative estimate of drug-likeness (QED) is 0.474. The highest BCUT2D eigenvalue weighted by Crippen LogP contribution is 2.09. The van der Waals surface area contributed by atoms with Crippen molar-refractivity contribution >= 4 is 0 Å². The number of rotatable bonds is 2. The minimum Gasteiger partial charge on any atom is -0.340 e. The molecule has 0 spiro atoms. The van der Waals surface area contributed by atoms with Crippen molar-refractivity contribution in [3.05, 3.63) is 29.8 Å². The molecular formula is C7H9NO2. The van der Waals surface area contributed by atoms with Crippen LogP contribution in [-0.2, 0) is 6.54 Å². The molecule has 1 rings (SSSR count). The van der Waals surface area contributed by atoms with Crippen LogP contribution in [0, 0.1) is 0 Å². The summed E-state index contributed by atoms with van der Waals surface area (Å²) in [6, 6.07) is 6.90. The van der Waals surface area contributed by atoms with Crippen LogP contribution < -0.4 is 10.6 Å². The van der Waals surface area contributed by atoms with Gasteiger partial charge in [-0.15, -0.1) is 0 Å². The summed E-state index contributed by atoms with van der Waals surface area (Å²) in [6.45, 7) is 0.506. The van der Waals surface area contributed by atoms with E-state index in [1.807, 2.05) is 0 Å². The van der Waals surface area contributed by atoms with E-state index in [0.29, 0.717) is 12.3 Å². The molecule has 0 saturated carbocycles. The third kappa shape index (κ3) is 1.46. The summed E-state index contributed by atoms with van der Waals surface area (Å²) in [7, 11) is 0. The smallest absolute Gasteiger partial charge is 0.165 e. The number of nitrogens with two attached hydrogens (primary N) is 1. The highest BCUT2D eigenvalue weighted by Gasteiger charge is 1.90. The standard InChI is InChI=1S/C7H9NO2/c8-5-6-1-3-7(10-9)4-2-6/h1-4,9H,5,8H2. The first kappa shape index (κ1) is 7.05. The molecular weight excluding hydrogens is 130 g/mol. The van der Waals surface area contributed by atoms with Gasteiger partial charge < -0.3 is 10.6 Å². The van der Waals surface area contributed by atoms with Gasteiger partial charge in [0.05, 0.1) is 0 Å². The average Bonchev–Trinajstić information content (AvgIpc) is 2.05. The highest BCUT2D eigenvalue weighted by atomic mass is 17.1. The Balaban J connectivity index is 2.80. The maximum atomic E-state index is 8.17. The van der Waals surface area contributed by atoms with Crippen molar-refractivity contribution in [3.8, 4) is 5.75 Å². The fourth-order valence-corrected chi connectivity index (χ4v) is 0.686. The molecule has 3 N–H and O–H groups in total. The summed E-state index contributed by atoms with van der Waals surface area (Å²) < 4.78 is 0. The number of hydrogen-bond acceptors (Lipinski definition) is 3. The van der Waals surface area contributed by atoms with E-state index in [0.717, 1.165) is 5.56 Å². The minimum absolute atomic E-state index is 0.428. The summed E-state index contributed by atoms with van der Waals surface area (Å²) in [6.07, 6.45) is 0. The summed E-state index contributed by atoms with van der Waals surface area (Å²) in [5.41, 5.74) is 6.35. The monoisotopic (exact) mass is 139 g/mol. The molecule has 0 aromatic heterocycles. The van der Waals surface area contributed by atoms with Gasteiger partial charge >= 0.3 is 0 Å². The Bertz CT molecular complexity index is 172. The zero-order chi connectivity index (χ0) is 7.40. The molecule has 3 nitrogen and oxygen atoms in total. The van der Waals surface area contributed by atoms with Crippen molar-refractivity contribution in [2.24, 2.45) is 5.73 Å². The molecule has 1 aromatic rings. The van der Waals surface area contributed by atoms with E-state index >= 15 is 0 Å². The van der Waals surface area contributed by atoms with Crippen molar-refractivity contribution in [2.75, 3.05) is 0 Å². The van der Waals surface area contributed by atoms with E-state index in [4.69, 9.17) is 11.0 Å². The van der Waals surface area contributed by atoms with Gasteiger partial charge in [-0.1, -0.05) is 12.1 Å². The maximum absolute atomic E-state index is 8.17. The zero-order valence-electron chi connectivity index (χ0n) is 5.45. The lowest BCUT2D eigenvalue weighted by atomic mass is 10.2. The van der Waals surface area contributed by atoms with Crippen LogP contribution in [-0.4, -0.2) is 5.26 Å². The molecule has 3 heteroatoms. The van der Waals surface area contributed by atoms with Gasteiger partial charge in [0.2, 0.25) is 0 Å². The SMILES string of the molecule is NCc1ccc(OO)cc1. The van der Waals surface area contributed by atoms with Crippen molar-refractivity contribution < 1.29 is 10.1 Å². The molecule has 0 aliphatic heterocycles. The Morgan fingerprint density at radius 3 is 2.30 bits per heavy atom. The van der Waals surface area contributed by atoms with E-state index in [9.17, 15) is 0 Å². The molecule has 0 saturated heterocycles. The molecule has 0 heterocycles. The lowest BCUT2D eigenvalue weighted by Gasteiger charge is -1.97. The van der Waals surface area contributed by atoms with E-state index in [2.05, 4.69) is 4.89 Å². The fourth-order valence-electron chi connectivity index (χ4n) is 0.686. The maximum Gasteiger partial charge on any atom is 0.165 e. The van der Waals surface area contributed by atoms with Crippen LogP contribution >= 0.6 is 0 Å². The van der Waals surface area contributed by atoms with Gasteiger partial charge in [0.1, 0.15) is 0 Å². The van der Waals surface area contributed by atoms with E-state index < -0.39 is 0 Å². The van der Waals surface area contributed by atoms with Crippen LogP contribution in [0.3, 0.4) is 0 Å². The van der Waals surface area contributed by atoms with Gasteiger partial charge in [-0.3, -0.25) is 0 Å². The summed E-state index contributed by atoms with van der Waals surface area (Å²) in [5.74, 6) is 0.428. The molecule has 0 amide bonds. The average molecular weight is 139 g/mol. The molecule has 0 bridgehead atoms. The van der Waals surface area contributed by atoms with Crippen LogP contribution in [0.1, 0.15) is 5.56 Å². The predicted octanol–water partition coefficient (Wildman–Crippen LogP) is 0.997. The van der Waals surface area contributed by atoms with E-state index in [1.165, 1.54) is 0 Å². The molecule has 0 aliphatic rings. The van der Waals surface area contributed by atoms with Gasteiger partial charge in [-0.25, -0.2) is 5.26 Å². The second kappa shape index (κ2) is 3.20. The van der Waals surface area contributed by atoms with Crippen molar-refractivity contribution in [3.63, 3.8) is 0 Å². The predicted molar refractivity (Wildman–Crippen MR) is 37.6 cm³/mol. The summed E-state index contributed by atoms with van der Waals surface area (Å²) in [4.78, 5) is 3.97. The van der Waals surface area contributed by atoms with Crippen LogP contribution in [0.15, 0.2) is 24.3 Å². The Kier molecular flexibility index (Phi) is 2.25. The van der Waals surface area contributed by atoms with Gasteiger partial charge in [0, 0.05) is 6.54 Å². The third-order valence-corrected chi connectivity index (χ3v) is 1.26. The van der Waals surface area contributed by atoms with Crippen LogP contribution in [0.25, 0.3) is 0 Å². The highest BCUT2D eigenvalue weighted by molar-refractivity contribution is 5.26. The number of benzene rings is 1. The Morgan fingerprint density at radius 2 is 1.90 bits per heavy atom. The molecule has 0 radical (unpaired) electrons. The first-order valence-electron chi connectivity index (χ1n) is 2.97. The van der Waals surface area contributed by atoms with Crippen LogP contribution in [0.2, 0.25) is 0 Å². The third-order valence-electron chi connectivity index (χ3n) is 1.26. The minimum atomic E-state index is 0.428. The van der Waals surface area contributed by atoms with Crippen molar-refractivity contribution in [1.29, 1.82) is 0 Å². The van der Waals surface area contributed by atoms with Gasteiger partial charge in [0.15, 0.2) is 5.75 Å². The Morgan fingerprint density at radius 1 is 1.30 bits per heavy atom. The van der Waals surface area contributed by atoms with E-state index in [1.54, 1.807) is 24.3 Å². The van der Waals surface area contributed by atoms with Crippen molar-refractivity contribution in [1.82, 2.24) is 0 Å². The zero-order valence-corrected chi connectivity index (χ0v) is 5.45. The molecule has 54 valence electrons. The van der Waals surface area contributed by atoms with Gasteiger partial charge in [-0.2, -0.15) is 0 Å². The molecule has 1 aromatic carbocycles. The molecule has 10 heavy (non-hydrogen) atoms. The molecule has 0 aliphatic carbocycles. The summed E-state index contributed by atoms with van der Waals surface area (Å²) >= 11 is 0. The largest absolute Gasteiger partial charge is 0.340 e. The van der Waals surface area contributed by atoms with Crippen LogP contribution in [0.4, 0.5) is 0 Å². The topological polar surface area (TPSA) is 55.5 Å². The first-order valence-corrected chi connectivity index (χ1v) is 2.97. The lowest BCUT2D eigenvalue weighted by Crippen LogP contribution is -1.95. The van der Waals surface area contributed by atoms with Gasteiger partial charge in [-0.05, 0) is 17.7 Å². The Hall–Kier alpha value is -1.06. The van der Waals surface area contributed by atoms with Crippen molar-refractivity contribution in [2.45, 2.75) is 6.54 Å². The molecule has 0 atom stereocenters. The molecule has 0 fully saturated rings. The Labute approximate surface area is 59.0 Å². The second-order valence-corrected chi connectivity index (χ2v) is 1.94.